The molecule has 1 aromatic heterocycles. The van der Waals surface area contributed by atoms with Gasteiger partial charge in [-0.2, -0.15) is 0 Å². The smallest absolute Gasteiger partial charge is 0.217 e. The maximum absolute atomic E-state index is 11.7. The molecule has 22 heavy (non-hydrogen) atoms. The quantitative estimate of drug-likeness (QED) is 0.836. The van der Waals surface area contributed by atoms with Crippen molar-refractivity contribution in [2.75, 3.05) is 6.54 Å². The molecule has 114 valence electrons. The van der Waals surface area contributed by atoms with Crippen LogP contribution in [0, 0.1) is 6.92 Å². The molecule has 1 aliphatic carbocycles. The van der Waals surface area contributed by atoms with Gasteiger partial charge in [0.2, 0.25) is 11.6 Å². The van der Waals surface area contributed by atoms with Crippen molar-refractivity contribution < 1.29 is 9.59 Å². The van der Waals surface area contributed by atoms with E-state index >= 15 is 0 Å². The average molecular weight is 297 g/mol. The van der Waals surface area contributed by atoms with Crippen LogP contribution in [-0.2, 0) is 9.59 Å². The van der Waals surface area contributed by atoms with Gasteiger partial charge in [-0.3, -0.25) is 14.6 Å². The molecule has 0 bridgehead atoms. The lowest BCUT2D eigenvalue weighted by atomic mass is 9.88. The molecule has 1 aromatic rings. The van der Waals surface area contributed by atoms with E-state index in [1.54, 1.807) is 6.20 Å². The summed E-state index contributed by atoms with van der Waals surface area (Å²) in [6.07, 6.45) is 8.32. The molecule has 2 aliphatic rings. The first kappa shape index (κ1) is 14.7. The van der Waals surface area contributed by atoms with E-state index in [9.17, 15) is 9.59 Å². The summed E-state index contributed by atoms with van der Waals surface area (Å²) in [4.78, 5) is 29.4. The number of carbonyl (C=O) groups is 2. The van der Waals surface area contributed by atoms with E-state index in [0.717, 1.165) is 17.8 Å². The highest BCUT2D eigenvalue weighted by Gasteiger charge is 2.32. The minimum Gasteiger partial charge on any atom is -0.351 e. The number of aryl methyl sites for hydroxylation is 1. The SMILES string of the molecule is Cc1ncccc1C1C=CC=C(N2CC(=O)C(=O)CC2N)C1. The summed E-state index contributed by atoms with van der Waals surface area (Å²) in [5.74, 6) is -0.504. The second kappa shape index (κ2) is 5.85. The zero-order chi connectivity index (χ0) is 15.7. The van der Waals surface area contributed by atoms with Crippen LogP contribution in [0.5, 0.6) is 0 Å². The topological polar surface area (TPSA) is 76.3 Å². The lowest BCUT2D eigenvalue weighted by Crippen LogP contribution is -2.52. The highest BCUT2D eigenvalue weighted by atomic mass is 16.2. The number of nitrogens with two attached hydrogens (primary N) is 1. The van der Waals surface area contributed by atoms with E-state index in [1.165, 1.54) is 5.56 Å². The van der Waals surface area contributed by atoms with Gasteiger partial charge < -0.3 is 10.6 Å². The largest absolute Gasteiger partial charge is 0.351 e. The van der Waals surface area contributed by atoms with Gasteiger partial charge in [-0.1, -0.05) is 18.2 Å². The standard InChI is InChI=1S/C17H19N3O2/c1-11-14(6-3-7-19-11)12-4-2-5-13(8-12)20-10-16(22)15(21)9-17(20)18/h2-7,12,17H,8-10,18H2,1H3. The molecule has 5 nitrogen and oxygen atoms in total. The third-order valence-corrected chi connectivity index (χ3v) is 4.30. The summed E-state index contributed by atoms with van der Waals surface area (Å²) in [6, 6.07) is 4.01. The molecule has 0 spiro atoms. The molecule has 2 heterocycles. The monoisotopic (exact) mass is 297 g/mol. The van der Waals surface area contributed by atoms with Gasteiger partial charge in [0.05, 0.1) is 12.7 Å². The summed E-state index contributed by atoms with van der Waals surface area (Å²) in [5, 5.41) is 0. The zero-order valence-electron chi connectivity index (χ0n) is 12.5. The Kier molecular flexibility index (Phi) is 3.90. The van der Waals surface area contributed by atoms with Gasteiger partial charge >= 0.3 is 0 Å². The second-order valence-corrected chi connectivity index (χ2v) is 5.78. The van der Waals surface area contributed by atoms with Gasteiger partial charge in [0.25, 0.3) is 0 Å². The Morgan fingerprint density at radius 3 is 2.86 bits per heavy atom. The first-order valence-corrected chi connectivity index (χ1v) is 7.43. The van der Waals surface area contributed by atoms with Crippen LogP contribution in [0.25, 0.3) is 0 Å². The molecule has 2 atom stereocenters. The van der Waals surface area contributed by atoms with E-state index in [4.69, 9.17) is 5.73 Å². The number of Topliss-reactive ketones (excluding diaryl/α,β-unsaturated/α-hetero) is 2. The minimum atomic E-state index is -0.418. The van der Waals surface area contributed by atoms with Crippen LogP contribution < -0.4 is 5.73 Å². The van der Waals surface area contributed by atoms with Crippen molar-refractivity contribution in [3.63, 3.8) is 0 Å². The molecule has 2 unspecified atom stereocenters. The first-order valence-electron chi connectivity index (χ1n) is 7.43. The van der Waals surface area contributed by atoms with Gasteiger partial charge in [0.1, 0.15) is 0 Å². The minimum absolute atomic E-state index is 0.0818. The Balaban J connectivity index is 1.81. The normalized spacial score (nSPS) is 25.4. The van der Waals surface area contributed by atoms with Gasteiger partial charge in [0.15, 0.2) is 0 Å². The van der Waals surface area contributed by atoms with Gasteiger partial charge in [0, 0.05) is 29.9 Å². The highest BCUT2D eigenvalue weighted by Crippen LogP contribution is 2.32. The molecular weight excluding hydrogens is 278 g/mol. The first-order chi connectivity index (χ1) is 10.6. The lowest BCUT2D eigenvalue weighted by Gasteiger charge is -2.37. The number of hydrogen-bond acceptors (Lipinski definition) is 5. The molecular formula is C17H19N3O2. The van der Waals surface area contributed by atoms with Crippen LogP contribution in [0.15, 0.2) is 42.3 Å². The molecule has 1 fully saturated rings. The number of allylic oxidation sites excluding steroid dienone is 4. The Morgan fingerprint density at radius 2 is 2.09 bits per heavy atom. The Bertz CT molecular complexity index is 678. The number of piperidine rings is 1. The third kappa shape index (κ3) is 2.72. The number of carbonyl (C=O) groups excluding carboxylic acids is 2. The van der Waals surface area contributed by atoms with Crippen molar-refractivity contribution in [3.05, 3.63) is 53.5 Å². The van der Waals surface area contributed by atoms with Crippen LogP contribution in [0.3, 0.4) is 0 Å². The van der Waals surface area contributed by atoms with Gasteiger partial charge in [-0.25, -0.2) is 0 Å². The molecule has 0 radical (unpaired) electrons. The van der Waals surface area contributed by atoms with E-state index in [2.05, 4.69) is 17.1 Å². The average Bonchev–Trinajstić information content (AvgIpc) is 2.51. The maximum atomic E-state index is 11.7. The van der Waals surface area contributed by atoms with Crippen molar-refractivity contribution in [2.45, 2.75) is 31.8 Å². The van der Waals surface area contributed by atoms with Crippen LogP contribution in [0.2, 0.25) is 0 Å². The summed E-state index contributed by atoms with van der Waals surface area (Å²) < 4.78 is 0. The Hall–Kier alpha value is -2.27. The van der Waals surface area contributed by atoms with Crippen LogP contribution in [0.4, 0.5) is 0 Å². The van der Waals surface area contributed by atoms with Crippen LogP contribution >= 0.6 is 0 Å². The third-order valence-electron chi connectivity index (χ3n) is 4.30. The van der Waals surface area contributed by atoms with Crippen LogP contribution in [-0.4, -0.2) is 34.2 Å². The molecule has 0 aromatic carbocycles. The number of pyridine rings is 1. The fraction of sp³-hybridized carbons (Fsp3) is 0.353. The Labute approximate surface area is 129 Å². The molecule has 3 rings (SSSR count). The summed E-state index contributed by atoms with van der Waals surface area (Å²) in [5.41, 5.74) is 9.24. The number of ketones is 2. The summed E-state index contributed by atoms with van der Waals surface area (Å²) >= 11 is 0. The van der Waals surface area contributed by atoms with Crippen molar-refractivity contribution >= 4 is 11.6 Å². The predicted octanol–water partition coefficient (Wildman–Crippen LogP) is 1.45. The molecule has 2 N–H and O–H groups in total. The number of rotatable bonds is 2. The van der Waals surface area contributed by atoms with E-state index in [0.29, 0.717) is 0 Å². The number of hydrogen-bond donors (Lipinski definition) is 1. The van der Waals surface area contributed by atoms with E-state index in [-0.39, 0.29) is 30.4 Å². The van der Waals surface area contributed by atoms with Crippen molar-refractivity contribution in [1.29, 1.82) is 0 Å². The van der Waals surface area contributed by atoms with Crippen molar-refractivity contribution in [2.24, 2.45) is 5.73 Å². The zero-order valence-corrected chi connectivity index (χ0v) is 12.5. The molecule has 1 saturated heterocycles. The van der Waals surface area contributed by atoms with Crippen LogP contribution in [0.1, 0.15) is 30.0 Å². The fourth-order valence-electron chi connectivity index (χ4n) is 3.07. The molecule has 0 amide bonds. The summed E-state index contributed by atoms with van der Waals surface area (Å²) in [7, 11) is 0. The Morgan fingerprint density at radius 1 is 1.27 bits per heavy atom. The number of likely N-dealkylation sites (tertiary alicyclic amines) is 1. The maximum Gasteiger partial charge on any atom is 0.217 e. The lowest BCUT2D eigenvalue weighted by molar-refractivity contribution is -0.140. The molecule has 1 aliphatic heterocycles. The fourth-order valence-corrected chi connectivity index (χ4v) is 3.07. The van der Waals surface area contributed by atoms with Gasteiger partial charge in [-0.05, 0) is 31.1 Å². The molecule has 0 saturated carbocycles. The second-order valence-electron chi connectivity index (χ2n) is 5.78. The number of nitrogens with zero attached hydrogens (tertiary/aromatic N) is 2. The molecule has 5 heteroatoms. The highest BCUT2D eigenvalue weighted by molar-refractivity contribution is 6.38. The number of aromatic nitrogens is 1. The van der Waals surface area contributed by atoms with Gasteiger partial charge in [-0.15, -0.1) is 0 Å². The van der Waals surface area contributed by atoms with E-state index < -0.39 is 6.17 Å². The van der Waals surface area contributed by atoms with Crippen molar-refractivity contribution in [3.8, 4) is 0 Å². The van der Waals surface area contributed by atoms with Crippen molar-refractivity contribution in [1.82, 2.24) is 9.88 Å². The predicted molar refractivity (Wildman–Crippen MR) is 82.9 cm³/mol. The summed E-state index contributed by atoms with van der Waals surface area (Å²) in [6.45, 7) is 2.08. The van der Waals surface area contributed by atoms with E-state index in [1.807, 2.05) is 30.0 Å².